The molecule has 0 spiro atoms. The summed E-state index contributed by atoms with van der Waals surface area (Å²) in [5.41, 5.74) is 8.95. The Bertz CT molecular complexity index is 725. The highest BCUT2D eigenvalue weighted by Crippen LogP contribution is 2.31. The normalized spacial score (nSPS) is 10.5. The fraction of sp³-hybridized carbons (Fsp3) is 0.154. The van der Waals surface area contributed by atoms with Crippen LogP contribution in [0.4, 0.5) is 5.69 Å². The van der Waals surface area contributed by atoms with Crippen molar-refractivity contribution in [2.75, 3.05) is 12.3 Å². The van der Waals surface area contributed by atoms with Crippen molar-refractivity contribution in [3.8, 4) is 28.5 Å². The molecule has 21 heavy (non-hydrogen) atoms. The zero-order valence-corrected chi connectivity index (χ0v) is 11.3. The van der Waals surface area contributed by atoms with E-state index in [1.807, 2.05) is 13.0 Å². The lowest BCUT2D eigenvalue weighted by atomic mass is 10.0. The number of nitrogens with one attached hydrogen (secondary N) is 1. The molecule has 106 valence electrons. The number of anilines is 1. The molecule has 0 unspecified atom stereocenters. The van der Waals surface area contributed by atoms with Crippen LogP contribution in [0.2, 0.25) is 0 Å². The first-order valence-electron chi connectivity index (χ1n) is 6.36. The Morgan fingerprint density at radius 3 is 2.67 bits per heavy atom. The first-order chi connectivity index (χ1) is 10.3. The summed E-state index contributed by atoms with van der Waals surface area (Å²) in [6.07, 6.45) is 3.38. The van der Waals surface area contributed by atoms with Gasteiger partial charge in [-0.15, -0.1) is 5.10 Å². The minimum Gasteiger partial charge on any atom is -0.464 e. The molecular formula is C13H13N7O. The largest absolute Gasteiger partial charge is 0.464 e. The molecular weight excluding hydrogens is 270 g/mol. The van der Waals surface area contributed by atoms with Gasteiger partial charge in [-0.05, 0) is 35.0 Å². The molecule has 8 heteroatoms. The number of benzene rings is 1. The third-order valence-electron chi connectivity index (χ3n) is 2.86. The first-order valence-corrected chi connectivity index (χ1v) is 6.36. The maximum atomic E-state index is 5.84. The lowest BCUT2D eigenvalue weighted by Crippen LogP contribution is -1.98. The summed E-state index contributed by atoms with van der Waals surface area (Å²) in [6.45, 7) is 2.41. The van der Waals surface area contributed by atoms with Gasteiger partial charge in [-0.2, -0.15) is 0 Å². The van der Waals surface area contributed by atoms with Crippen molar-refractivity contribution >= 4 is 5.69 Å². The van der Waals surface area contributed by atoms with E-state index < -0.39 is 0 Å². The molecule has 0 atom stereocenters. The highest BCUT2D eigenvalue weighted by Gasteiger charge is 2.12. The van der Waals surface area contributed by atoms with Crippen LogP contribution in [-0.2, 0) is 0 Å². The van der Waals surface area contributed by atoms with E-state index in [0.717, 1.165) is 16.7 Å². The zero-order chi connectivity index (χ0) is 14.7. The molecule has 8 nitrogen and oxygen atoms in total. The molecule has 0 saturated carbocycles. The summed E-state index contributed by atoms with van der Waals surface area (Å²) in [4.78, 5) is 8.33. The maximum Gasteiger partial charge on any atom is 0.316 e. The summed E-state index contributed by atoms with van der Waals surface area (Å²) in [7, 11) is 0. The predicted octanol–water partition coefficient (Wildman–Crippen LogP) is 1.30. The van der Waals surface area contributed by atoms with Crippen molar-refractivity contribution < 1.29 is 4.74 Å². The molecule has 0 aliphatic rings. The van der Waals surface area contributed by atoms with Crippen molar-refractivity contribution in [3.63, 3.8) is 0 Å². The Hall–Kier alpha value is -3.03. The van der Waals surface area contributed by atoms with E-state index in [9.17, 15) is 0 Å². The van der Waals surface area contributed by atoms with Gasteiger partial charge in [0.1, 0.15) is 0 Å². The van der Waals surface area contributed by atoms with Crippen LogP contribution in [0.3, 0.4) is 0 Å². The van der Waals surface area contributed by atoms with Gasteiger partial charge >= 0.3 is 6.01 Å². The maximum absolute atomic E-state index is 5.84. The van der Waals surface area contributed by atoms with Gasteiger partial charge in [0.25, 0.3) is 0 Å². The van der Waals surface area contributed by atoms with Crippen LogP contribution in [0.15, 0.2) is 30.6 Å². The van der Waals surface area contributed by atoms with Crippen molar-refractivity contribution in [1.82, 2.24) is 30.6 Å². The predicted molar refractivity (Wildman–Crippen MR) is 76.2 cm³/mol. The molecule has 0 radical (unpaired) electrons. The van der Waals surface area contributed by atoms with Crippen LogP contribution >= 0.6 is 0 Å². The van der Waals surface area contributed by atoms with Gasteiger partial charge in [0.15, 0.2) is 5.82 Å². The molecule has 3 N–H and O–H groups in total. The molecule has 0 fully saturated rings. The van der Waals surface area contributed by atoms with Crippen LogP contribution in [0, 0.1) is 0 Å². The van der Waals surface area contributed by atoms with Crippen LogP contribution in [0.1, 0.15) is 6.92 Å². The fourth-order valence-electron chi connectivity index (χ4n) is 1.94. The van der Waals surface area contributed by atoms with Crippen LogP contribution in [0.5, 0.6) is 6.01 Å². The third kappa shape index (κ3) is 2.64. The number of aromatic nitrogens is 6. The fourth-order valence-corrected chi connectivity index (χ4v) is 1.94. The molecule has 0 aliphatic heterocycles. The topological polar surface area (TPSA) is 115 Å². The number of aromatic amines is 1. The SMILES string of the molecule is CCOc1ncc(-c2ccc(N)cc2-c2nnn[nH]2)cn1. The second kappa shape index (κ2) is 5.53. The Morgan fingerprint density at radius 1 is 1.19 bits per heavy atom. The average Bonchev–Trinajstić information content (AvgIpc) is 3.03. The second-order valence-corrected chi connectivity index (χ2v) is 4.24. The van der Waals surface area contributed by atoms with E-state index in [2.05, 4.69) is 30.6 Å². The molecule has 0 amide bonds. The van der Waals surface area contributed by atoms with Crippen LogP contribution < -0.4 is 10.5 Å². The van der Waals surface area contributed by atoms with Gasteiger partial charge in [0, 0.05) is 29.2 Å². The first kappa shape index (κ1) is 13.0. The van der Waals surface area contributed by atoms with Gasteiger partial charge < -0.3 is 10.5 Å². The minimum atomic E-state index is 0.347. The van der Waals surface area contributed by atoms with E-state index in [4.69, 9.17) is 10.5 Å². The Labute approximate surface area is 120 Å². The Kier molecular flexibility index (Phi) is 3.42. The van der Waals surface area contributed by atoms with Gasteiger partial charge in [-0.25, -0.2) is 15.1 Å². The van der Waals surface area contributed by atoms with Gasteiger partial charge in [0.05, 0.1) is 6.61 Å². The molecule has 0 saturated heterocycles. The van der Waals surface area contributed by atoms with Crippen molar-refractivity contribution in [1.29, 1.82) is 0 Å². The number of tetrazole rings is 1. The summed E-state index contributed by atoms with van der Waals surface area (Å²) >= 11 is 0. The number of H-pyrrole nitrogens is 1. The monoisotopic (exact) mass is 283 g/mol. The summed E-state index contributed by atoms with van der Waals surface area (Å²) in [5, 5.41) is 13.8. The standard InChI is InChI=1S/C13H13N7O/c1-2-21-13-15-6-8(7-16-13)10-4-3-9(14)5-11(10)12-17-19-20-18-12/h3-7H,2,14H2,1H3,(H,17,18,19,20). The van der Waals surface area contributed by atoms with Gasteiger partial charge in [-0.3, -0.25) is 0 Å². The number of nitrogen functional groups attached to an aromatic ring is 1. The molecule has 2 aromatic heterocycles. The smallest absolute Gasteiger partial charge is 0.316 e. The van der Waals surface area contributed by atoms with Gasteiger partial charge in [0.2, 0.25) is 0 Å². The second-order valence-electron chi connectivity index (χ2n) is 4.24. The highest BCUT2D eigenvalue weighted by molar-refractivity contribution is 5.82. The molecule has 3 aromatic rings. The molecule has 0 bridgehead atoms. The van der Waals surface area contributed by atoms with Crippen molar-refractivity contribution in [3.05, 3.63) is 30.6 Å². The highest BCUT2D eigenvalue weighted by atomic mass is 16.5. The Morgan fingerprint density at radius 2 is 2.00 bits per heavy atom. The van der Waals surface area contributed by atoms with E-state index >= 15 is 0 Å². The van der Waals surface area contributed by atoms with Gasteiger partial charge in [-0.1, -0.05) is 6.07 Å². The minimum absolute atomic E-state index is 0.347. The van der Waals surface area contributed by atoms with E-state index in [1.54, 1.807) is 24.5 Å². The van der Waals surface area contributed by atoms with Crippen LogP contribution in [0.25, 0.3) is 22.5 Å². The van der Waals surface area contributed by atoms with E-state index in [1.165, 1.54) is 0 Å². The summed E-state index contributed by atoms with van der Waals surface area (Å²) < 4.78 is 5.24. The number of hydrogen-bond donors (Lipinski definition) is 2. The number of ether oxygens (including phenoxy) is 1. The molecule has 0 aliphatic carbocycles. The molecule has 2 heterocycles. The zero-order valence-electron chi connectivity index (χ0n) is 11.3. The average molecular weight is 283 g/mol. The van der Waals surface area contributed by atoms with Crippen molar-refractivity contribution in [2.24, 2.45) is 0 Å². The number of nitrogens with zero attached hydrogens (tertiary/aromatic N) is 5. The van der Waals surface area contributed by atoms with Crippen LogP contribution in [-0.4, -0.2) is 37.2 Å². The molecule has 3 rings (SSSR count). The molecule has 1 aromatic carbocycles. The van der Waals surface area contributed by atoms with E-state index in [-0.39, 0.29) is 0 Å². The number of nitrogens with two attached hydrogens (primary N) is 1. The quantitative estimate of drug-likeness (QED) is 0.693. The third-order valence-corrected chi connectivity index (χ3v) is 2.86. The lowest BCUT2D eigenvalue weighted by molar-refractivity contribution is 0.312. The van der Waals surface area contributed by atoms with Crippen molar-refractivity contribution in [2.45, 2.75) is 6.92 Å². The number of rotatable bonds is 4. The summed E-state index contributed by atoms with van der Waals surface area (Å²) in [5.74, 6) is 0.534. The lowest BCUT2D eigenvalue weighted by Gasteiger charge is -2.08. The van der Waals surface area contributed by atoms with E-state index in [0.29, 0.717) is 24.1 Å². The number of hydrogen-bond acceptors (Lipinski definition) is 7. The summed E-state index contributed by atoms with van der Waals surface area (Å²) in [6, 6.07) is 5.83. The Balaban J connectivity index is 2.05.